The molecule has 2 N–H and O–H groups in total. The van der Waals surface area contributed by atoms with Crippen molar-refractivity contribution < 1.29 is 22.8 Å². The van der Waals surface area contributed by atoms with Crippen molar-refractivity contribution in [1.29, 1.82) is 0 Å². The summed E-state index contributed by atoms with van der Waals surface area (Å²) in [7, 11) is 2.82. The van der Waals surface area contributed by atoms with E-state index in [4.69, 9.17) is 5.73 Å². The lowest BCUT2D eigenvalue weighted by Gasteiger charge is -2.27. The summed E-state index contributed by atoms with van der Waals surface area (Å²) in [5, 5.41) is 0. The summed E-state index contributed by atoms with van der Waals surface area (Å²) in [6, 6.07) is 0. The molecule has 5 nitrogen and oxygen atoms in total. The van der Waals surface area contributed by atoms with Crippen LogP contribution in [0.1, 0.15) is 20.3 Å². The van der Waals surface area contributed by atoms with Gasteiger partial charge in [0.1, 0.15) is 13.1 Å². The van der Waals surface area contributed by atoms with Crippen molar-refractivity contribution in [3.63, 3.8) is 0 Å². The zero-order valence-electron chi connectivity index (χ0n) is 11.5. The van der Waals surface area contributed by atoms with Crippen LogP contribution in [0.3, 0.4) is 0 Å². The van der Waals surface area contributed by atoms with Gasteiger partial charge in [0, 0.05) is 26.1 Å². The number of hydrogen-bond acceptors (Lipinski definition) is 3. The van der Waals surface area contributed by atoms with Crippen LogP contribution in [0.15, 0.2) is 0 Å². The number of rotatable bonds is 5. The van der Waals surface area contributed by atoms with Crippen molar-refractivity contribution in [1.82, 2.24) is 9.80 Å². The number of carbonyl (C=O) groups is 2. The van der Waals surface area contributed by atoms with Gasteiger partial charge in [0.05, 0.1) is 0 Å². The van der Waals surface area contributed by atoms with E-state index in [2.05, 4.69) is 0 Å². The predicted octanol–water partition coefficient (Wildman–Crippen LogP) is 0.593. The number of hydrogen-bond donors (Lipinski definition) is 1. The van der Waals surface area contributed by atoms with Gasteiger partial charge in [-0.15, -0.1) is 0 Å². The molecule has 0 rings (SSSR count). The molecule has 0 saturated carbocycles. The molecule has 0 aliphatic carbocycles. The van der Waals surface area contributed by atoms with Crippen LogP contribution < -0.4 is 5.73 Å². The molecule has 0 unspecified atom stereocenters. The maximum absolute atomic E-state index is 12.4. The number of nitrogens with zero attached hydrogens (tertiary/aromatic N) is 2. The number of likely N-dealkylation sites (N-methyl/N-ethyl adjacent to an activating group) is 1. The summed E-state index contributed by atoms with van der Waals surface area (Å²) in [6.45, 7) is 0.998. The molecule has 0 aromatic carbocycles. The number of nitrogens with two attached hydrogens (primary N) is 1. The van der Waals surface area contributed by atoms with Crippen LogP contribution in [-0.2, 0) is 9.59 Å². The van der Waals surface area contributed by atoms with Crippen molar-refractivity contribution in [2.75, 3.05) is 27.2 Å². The van der Waals surface area contributed by atoms with E-state index in [1.54, 1.807) is 0 Å². The molecular formula is C11H20F3N3O2. The maximum Gasteiger partial charge on any atom is 0.406 e. The van der Waals surface area contributed by atoms with E-state index in [0.717, 1.165) is 4.90 Å². The summed E-state index contributed by atoms with van der Waals surface area (Å²) in [6.07, 6.45) is -4.81. The van der Waals surface area contributed by atoms with Gasteiger partial charge in [-0.25, -0.2) is 0 Å². The van der Waals surface area contributed by atoms with E-state index in [0.29, 0.717) is 4.90 Å². The highest BCUT2D eigenvalue weighted by Gasteiger charge is 2.35. The van der Waals surface area contributed by atoms with Crippen LogP contribution in [0, 0.1) is 0 Å². The van der Waals surface area contributed by atoms with Crippen LogP contribution in [0.25, 0.3) is 0 Å². The van der Waals surface area contributed by atoms with Crippen molar-refractivity contribution in [2.45, 2.75) is 32.0 Å². The summed E-state index contributed by atoms with van der Waals surface area (Å²) < 4.78 is 37.2. The van der Waals surface area contributed by atoms with E-state index in [9.17, 15) is 22.8 Å². The molecule has 0 bridgehead atoms. The second-order valence-corrected chi connectivity index (χ2v) is 5.32. The first kappa shape index (κ1) is 17.7. The van der Waals surface area contributed by atoms with Gasteiger partial charge < -0.3 is 15.5 Å². The van der Waals surface area contributed by atoms with Crippen LogP contribution >= 0.6 is 0 Å². The Hall–Kier alpha value is -1.31. The maximum atomic E-state index is 12.4. The minimum Gasteiger partial charge on any atom is -0.347 e. The molecule has 0 aromatic heterocycles. The van der Waals surface area contributed by atoms with E-state index in [-0.39, 0.29) is 6.42 Å². The normalized spacial score (nSPS) is 12.2. The van der Waals surface area contributed by atoms with Crippen LogP contribution in [0.4, 0.5) is 13.2 Å². The number of halogens is 3. The SMILES string of the molecule is CN(C)C(=O)CN(CC(F)(F)F)C(=O)CC(C)(C)N. The lowest BCUT2D eigenvalue weighted by molar-refractivity contribution is -0.164. The third kappa shape index (κ3) is 8.41. The fraction of sp³-hybridized carbons (Fsp3) is 0.818. The predicted molar refractivity (Wildman–Crippen MR) is 64.2 cm³/mol. The van der Waals surface area contributed by atoms with Gasteiger partial charge in [-0.05, 0) is 13.8 Å². The second kappa shape index (κ2) is 6.23. The van der Waals surface area contributed by atoms with Crippen molar-refractivity contribution >= 4 is 11.8 Å². The molecule has 0 aliphatic heterocycles. The monoisotopic (exact) mass is 283 g/mol. The highest BCUT2D eigenvalue weighted by molar-refractivity contribution is 5.85. The van der Waals surface area contributed by atoms with Gasteiger partial charge in [0.2, 0.25) is 11.8 Å². The smallest absolute Gasteiger partial charge is 0.347 e. The molecule has 8 heteroatoms. The summed E-state index contributed by atoms with van der Waals surface area (Å²) in [4.78, 5) is 24.8. The third-order valence-electron chi connectivity index (χ3n) is 2.15. The first-order valence-corrected chi connectivity index (χ1v) is 5.65. The molecule has 0 aliphatic rings. The molecular weight excluding hydrogens is 263 g/mol. The lowest BCUT2D eigenvalue weighted by atomic mass is 10.0. The van der Waals surface area contributed by atoms with Gasteiger partial charge in [-0.1, -0.05) is 0 Å². The Bertz CT molecular complexity index is 335. The fourth-order valence-electron chi connectivity index (χ4n) is 1.25. The topological polar surface area (TPSA) is 66.6 Å². The van der Waals surface area contributed by atoms with Crippen LogP contribution in [0.5, 0.6) is 0 Å². The third-order valence-corrected chi connectivity index (χ3v) is 2.15. The Morgan fingerprint density at radius 1 is 1.11 bits per heavy atom. The van der Waals surface area contributed by atoms with Gasteiger partial charge in [-0.3, -0.25) is 9.59 Å². The molecule has 0 radical (unpaired) electrons. The van der Waals surface area contributed by atoms with E-state index >= 15 is 0 Å². The average Bonchev–Trinajstić information content (AvgIpc) is 2.11. The number of alkyl halides is 3. The largest absolute Gasteiger partial charge is 0.406 e. The Balaban J connectivity index is 4.86. The van der Waals surface area contributed by atoms with E-state index in [1.807, 2.05) is 0 Å². The minimum atomic E-state index is -4.55. The zero-order chi connectivity index (χ0) is 15.4. The minimum absolute atomic E-state index is 0.260. The molecule has 0 atom stereocenters. The van der Waals surface area contributed by atoms with Gasteiger partial charge >= 0.3 is 6.18 Å². The first-order valence-electron chi connectivity index (χ1n) is 5.65. The van der Waals surface area contributed by atoms with Gasteiger partial charge in [0.25, 0.3) is 0 Å². The lowest BCUT2D eigenvalue weighted by Crippen LogP contribution is -2.48. The Kier molecular flexibility index (Phi) is 5.80. The van der Waals surface area contributed by atoms with E-state index < -0.39 is 36.6 Å². The Labute approximate surface area is 110 Å². The summed E-state index contributed by atoms with van der Waals surface area (Å²) in [5.74, 6) is -1.37. The summed E-state index contributed by atoms with van der Waals surface area (Å²) >= 11 is 0. The van der Waals surface area contributed by atoms with Gasteiger partial charge in [-0.2, -0.15) is 13.2 Å². The summed E-state index contributed by atoms with van der Waals surface area (Å²) in [5.41, 5.74) is 4.68. The zero-order valence-corrected chi connectivity index (χ0v) is 11.5. The van der Waals surface area contributed by atoms with Crippen molar-refractivity contribution in [3.8, 4) is 0 Å². The Morgan fingerprint density at radius 3 is 1.89 bits per heavy atom. The molecule has 112 valence electrons. The number of carbonyl (C=O) groups excluding carboxylic acids is 2. The molecule has 0 fully saturated rings. The average molecular weight is 283 g/mol. The van der Waals surface area contributed by atoms with Crippen LogP contribution in [0.2, 0.25) is 0 Å². The fourth-order valence-corrected chi connectivity index (χ4v) is 1.25. The first-order chi connectivity index (χ1) is 8.32. The quantitative estimate of drug-likeness (QED) is 0.803. The number of amides is 2. The van der Waals surface area contributed by atoms with Gasteiger partial charge in [0.15, 0.2) is 0 Å². The molecule has 0 saturated heterocycles. The molecule has 2 amide bonds. The van der Waals surface area contributed by atoms with Crippen molar-refractivity contribution in [2.24, 2.45) is 5.73 Å². The Morgan fingerprint density at radius 2 is 1.58 bits per heavy atom. The highest BCUT2D eigenvalue weighted by Crippen LogP contribution is 2.18. The molecule has 0 spiro atoms. The second-order valence-electron chi connectivity index (χ2n) is 5.32. The molecule has 0 heterocycles. The standard InChI is InChI=1S/C11H20F3N3O2/c1-10(2,15)5-8(18)17(7-11(12,13)14)6-9(19)16(3)4/h5-7,15H2,1-4H3. The van der Waals surface area contributed by atoms with E-state index in [1.165, 1.54) is 27.9 Å². The highest BCUT2D eigenvalue weighted by atomic mass is 19.4. The molecule has 0 aromatic rings. The van der Waals surface area contributed by atoms with Crippen LogP contribution in [-0.4, -0.2) is 60.5 Å². The van der Waals surface area contributed by atoms with Crippen molar-refractivity contribution in [3.05, 3.63) is 0 Å². The molecule has 19 heavy (non-hydrogen) atoms.